The first kappa shape index (κ1) is 15.3. The number of hydrogen-bond donors (Lipinski definition) is 1. The number of anilines is 1. The van der Waals surface area contributed by atoms with Crippen LogP contribution in [0.1, 0.15) is 33.6 Å². The molecule has 0 radical (unpaired) electrons. The van der Waals surface area contributed by atoms with Gasteiger partial charge in [-0.05, 0) is 26.7 Å². The highest BCUT2D eigenvalue weighted by molar-refractivity contribution is 7.99. The van der Waals surface area contributed by atoms with Crippen LogP contribution in [-0.2, 0) is 4.74 Å². The van der Waals surface area contributed by atoms with Gasteiger partial charge in [0, 0.05) is 18.4 Å². The van der Waals surface area contributed by atoms with Crippen molar-refractivity contribution in [3.05, 3.63) is 0 Å². The molecule has 20 heavy (non-hydrogen) atoms. The van der Waals surface area contributed by atoms with Gasteiger partial charge in [0.2, 0.25) is 5.95 Å². The number of ether oxygens (including phenoxy) is 2. The van der Waals surface area contributed by atoms with Crippen LogP contribution in [0.4, 0.5) is 5.95 Å². The van der Waals surface area contributed by atoms with Crippen LogP contribution in [0.3, 0.4) is 0 Å². The predicted molar refractivity (Wildman–Crippen MR) is 79.5 cm³/mol. The van der Waals surface area contributed by atoms with E-state index in [1.54, 1.807) is 11.8 Å². The molecule has 112 valence electrons. The quantitative estimate of drug-likeness (QED) is 0.828. The van der Waals surface area contributed by atoms with Crippen LogP contribution >= 0.6 is 11.8 Å². The highest BCUT2D eigenvalue weighted by Crippen LogP contribution is 2.31. The summed E-state index contributed by atoms with van der Waals surface area (Å²) in [6.45, 7) is 8.34. The lowest BCUT2D eigenvalue weighted by molar-refractivity contribution is 0.127. The summed E-state index contributed by atoms with van der Waals surface area (Å²) in [5.74, 6) is 0.572. The molecule has 0 aliphatic carbocycles. The second kappa shape index (κ2) is 7.64. The molecule has 1 saturated heterocycles. The van der Waals surface area contributed by atoms with E-state index in [1.165, 1.54) is 0 Å². The van der Waals surface area contributed by atoms with Crippen LogP contribution in [-0.4, -0.2) is 46.1 Å². The summed E-state index contributed by atoms with van der Waals surface area (Å²) in [5, 5.41) is 4.21. The van der Waals surface area contributed by atoms with Gasteiger partial charge in [-0.1, -0.05) is 18.7 Å². The Morgan fingerprint density at radius 1 is 1.35 bits per heavy atom. The smallest absolute Gasteiger partial charge is 0.322 e. The molecule has 7 heteroatoms. The number of hydrogen-bond acceptors (Lipinski definition) is 7. The Morgan fingerprint density at radius 3 is 2.85 bits per heavy atom. The van der Waals surface area contributed by atoms with Crippen LogP contribution in [0.5, 0.6) is 6.01 Å². The number of aromatic nitrogens is 3. The molecule has 0 aromatic carbocycles. The van der Waals surface area contributed by atoms with Gasteiger partial charge in [0.15, 0.2) is 5.16 Å². The Balaban J connectivity index is 2.10. The maximum Gasteiger partial charge on any atom is 0.322 e. The van der Waals surface area contributed by atoms with Gasteiger partial charge in [0.05, 0.1) is 12.7 Å². The molecule has 6 nitrogen and oxygen atoms in total. The third-order valence-electron chi connectivity index (χ3n) is 2.93. The molecule has 0 bridgehead atoms. The van der Waals surface area contributed by atoms with E-state index in [-0.39, 0.29) is 6.10 Å². The Morgan fingerprint density at radius 2 is 2.20 bits per heavy atom. The second-order valence-corrected chi connectivity index (χ2v) is 5.83. The molecular weight excluding hydrogens is 276 g/mol. The number of rotatable bonds is 7. The summed E-state index contributed by atoms with van der Waals surface area (Å²) in [6, 6.07) is 0.395. The maximum atomic E-state index is 5.57. The van der Waals surface area contributed by atoms with E-state index >= 15 is 0 Å². The molecule has 1 aromatic heterocycles. The fourth-order valence-electron chi connectivity index (χ4n) is 1.89. The minimum Gasteiger partial charge on any atom is -0.463 e. The highest BCUT2D eigenvalue weighted by Gasteiger charge is 2.26. The standard InChI is InChI=1S/C13H22N4O2S/c1-4-7-19-12-15-11(14-5-2)16-13(17-12)20-10-6-8-18-9(10)3/h9-10H,4-8H2,1-3H3,(H,14,15,16,17). The summed E-state index contributed by atoms with van der Waals surface area (Å²) >= 11 is 1.64. The minimum atomic E-state index is 0.236. The Kier molecular flexibility index (Phi) is 5.85. The lowest BCUT2D eigenvalue weighted by Crippen LogP contribution is -2.15. The Labute approximate surface area is 124 Å². The molecule has 0 amide bonds. The second-order valence-electron chi connectivity index (χ2n) is 4.62. The summed E-state index contributed by atoms with van der Waals surface area (Å²) in [6.07, 6.45) is 2.19. The van der Waals surface area contributed by atoms with E-state index in [1.807, 2.05) is 6.92 Å². The van der Waals surface area contributed by atoms with Crippen molar-refractivity contribution in [2.45, 2.75) is 50.1 Å². The number of thioether (sulfide) groups is 1. The first-order valence-electron chi connectivity index (χ1n) is 7.14. The normalized spacial score (nSPS) is 21.9. The fourth-order valence-corrected chi connectivity index (χ4v) is 2.91. The molecule has 2 unspecified atom stereocenters. The highest BCUT2D eigenvalue weighted by atomic mass is 32.2. The molecular formula is C13H22N4O2S. The Bertz CT molecular complexity index is 433. The molecule has 1 aliphatic rings. The summed E-state index contributed by atoms with van der Waals surface area (Å²) in [4.78, 5) is 13.1. The minimum absolute atomic E-state index is 0.236. The summed E-state index contributed by atoms with van der Waals surface area (Å²) < 4.78 is 11.1. The molecule has 1 N–H and O–H groups in total. The average Bonchev–Trinajstić information content (AvgIpc) is 2.82. The van der Waals surface area contributed by atoms with Crippen LogP contribution in [0.2, 0.25) is 0 Å². The third kappa shape index (κ3) is 4.21. The lowest BCUT2D eigenvalue weighted by Gasteiger charge is -2.13. The van der Waals surface area contributed by atoms with Crippen LogP contribution in [0, 0.1) is 0 Å². The zero-order valence-corrected chi connectivity index (χ0v) is 13.1. The van der Waals surface area contributed by atoms with E-state index in [0.29, 0.717) is 29.0 Å². The molecule has 2 heterocycles. The molecule has 2 rings (SSSR count). The summed E-state index contributed by atoms with van der Waals surface area (Å²) in [5.41, 5.74) is 0. The number of nitrogens with zero attached hydrogens (tertiary/aromatic N) is 3. The molecule has 0 saturated carbocycles. The number of nitrogens with one attached hydrogen (secondary N) is 1. The van der Waals surface area contributed by atoms with Crippen molar-refractivity contribution < 1.29 is 9.47 Å². The van der Waals surface area contributed by atoms with Gasteiger partial charge < -0.3 is 14.8 Å². The van der Waals surface area contributed by atoms with Crippen LogP contribution in [0.25, 0.3) is 0 Å². The third-order valence-corrected chi connectivity index (χ3v) is 4.24. The van der Waals surface area contributed by atoms with Crippen molar-refractivity contribution in [1.82, 2.24) is 15.0 Å². The lowest BCUT2D eigenvalue weighted by atomic mass is 10.3. The fraction of sp³-hybridized carbons (Fsp3) is 0.769. The van der Waals surface area contributed by atoms with E-state index < -0.39 is 0 Å². The van der Waals surface area contributed by atoms with Gasteiger partial charge in [-0.2, -0.15) is 15.0 Å². The predicted octanol–water partition coefficient (Wildman–Crippen LogP) is 2.36. The Hall–Kier alpha value is -1.08. The average molecular weight is 298 g/mol. The molecule has 1 aromatic rings. The van der Waals surface area contributed by atoms with Crippen molar-refractivity contribution in [2.75, 3.05) is 25.1 Å². The maximum absolute atomic E-state index is 5.57. The topological polar surface area (TPSA) is 69.2 Å². The van der Waals surface area contributed by atoms with Crippen molar-refractivity contribution in [3.8, 4) is 6.01 Å². The van der Waals surface area contributed by atoms with Crippen molar-refractivity contribution in [2.24, 2.45) is 0 Å². The van der Waals surface area contributed by atoms with Crippen LogP contribution in [0.15, 0.2) is 5.16 Å². The van der Waals surface area contributed by atoms with Gasteiger partial charge in [-0.15, -0.1) is 0 Å². The van der Waals surface area contributed by atoms with E-state index in [0.717, 1.165) is 26.0 Å². The SMILES string of the molecule is CCCOc1nc(NCC)nc(SC2CCOC2C)n1. The molecule has 1 fully saturated rings. The first-order valence-corrected chi connectivity index (χ1v) is 8.01. The van der Waals surface area contributed by atoms with Gasteiger partial charge >= 0.3 is 6.01 Å². The van der Waals surface area contributed by atoms with E-state index in [9.17, 15) is 0 Å². The monoisotopic (exact) mass is 298 g/mol. The zero-order valence-electron chi connectivity index (χ0n) is 12.3. The van der Waals surface area contributed by atoms with E-state index in [4.69, 9.17) is 9.47 Å². The summed E-state index contributed by atoms with van der Waals surface area (Å²) in [7, 11) is 0. The van der Waals surface area contributed by atoms with E-state index in [2.05, 4.69) is 34.1 Å². The van der Waals surface area contributed by atoms with Crippen molar-refractivity contribution in [3.63, 3.8) is 0 Å². The first-order chi connectivity index (χ1) is 9.72. The van der Waals surface area contributed by atoms with Gasteiger partial charge in [0.1, 0.15) is 0 Å². The van der Waals surface area contributed by atoms with Crippen LogP contribution < -0.4 is 10.1 Å². The molecule has 2 atom stereocenters. The van der Waals surface area contributed by atoms with Crippen molar-refractivity contribution in [1.29, 1.82) is 0 Å². The largest absolute Gasteiger partial charge is 0.463 e. The van der Waals surface area contributed by atoms with Crippen molar-refractivity contribution >= 4 is 17.7 Å². The van der Waals surface area contributed by atoms with Gasteiger partial charge in [-0.25, -0.2) is 0 Å². The molecule has 1 aliphatic heterocycles. The zero-order chi connectivity index (χ0) is 14.4. The van der Waals surface area contributed by atoms with Gasteiger partial charge in [0.25, 0.3) is 0 Å². The van der Waals surface area contributed by atoms with Gasteiger partial charge in [-0.3, -0.25) is 0 Å². The molecule has 0 spiro atoms.